The summed E-state index contributed by atoms with van der Waals surface area (Å²) in [5.41, 5.74) is 0. The summed E-state index contributed by atoms with van der Waals surface area (Å²) in [6.07, 6.45) is -9.82. The molecule has 0 saturated carbocycles. The lowest BCUT2D eigenvalue weighted by Gasteiger charge is -2.44. The summed E-state index contributed by atoms with van der Waals surface area (Å²) in [4.78, 5) is 47.6. The third-order valence-electron chi connectivity index (χ3n) is 6.62. The van der Waals surface area contributed by atoms with Crippen LogP contribution in [0, 0.1) is 0 Å². The van der Waals surface area contributed by atoms with Gasteiger partial charge in [0.15, 0.2) is 42.5 Å². The molecule has 4 fully saturated rings. The standard InChI is InChI=1S/C26H38O15/c1-11(27)31-9-15-17(33-12(2)28)19(34-13(3)29)21(35-14(4)30)23(36-15)32-10-16-18-20(39-25(5,6)38-18)22-24(37-16)41-26(7,8)40-22/h15-24H,9-10H2,1-8H3/t15-,16-,17+,18+,19+,20+,21-,22-,23-,24-/m1/s1. The monoisotopic (exact) mass is 590 g/mol. The lowest BCUT2D eigenvalue weighted by Crippen LogP contribution is -2.63. The van der Waals surface area contributed by atoms with Crippen molar-refractivity contribution < 1.29 is 71.3 Å². The van der Waals surface area contributed by atoms with E-state index >= 15 is 0 Å². The third-order valence-corrected chi connectivity index (χ3v) is 6.62. The first-order valence-electron chi connectivity index (χ1n) is 13.3. The van der Waals surface area contributed by atoms with Crippen LogP contribution in [0.1, 0.15) is 55.4 Å². The predicted octanol–water partition coefficient (Wildman–Crippen LogP) is 0.483. The number of hydrogen-bond acceptors (Lipinski definition) is 15. The highest BCUT2D eigenvalue weighted by molar-refractivity contribution is 5.68. The van der Waals surface area contributed by atoms with Gasteiger partial charge in [-0.1, -0.05) is 0 Å². The number of carbonyl (C=O) groups is 4. The zero-order valence-corrected chi connectivity index (χ0v) is 24.3. The number of ether oxygens (including phenoxy) is 11. The van der Waals surface area contributed by atoms with Gasteiger partial charge in [-0.05, 0) is 27.7 Å². The van der Waals surface area contributed by atoms with Gasteiger partial charge in [0.1, 0.15) is 37.1 Å². The molecule has 0 bridgehead atoms. The number of rotatable bonds is 8. The fraction of sp³-hybridized carbons (Fsp3) is 0.846. The molecule has 41 heavy (non-hydrogen) atoms. The van der Waals surface area contributed by atoms with Crippen molar-refractivity contribution in [1.82, 2.24) is 0 Å². The molecule has 4 saturated heterocycles. The number of hydrogen-bond donors (Lipinski definition) is 0. The van der Waals surface area contributed by atoms with Crippen LogP contribution in [0.4, 0.5) is 0 Å². The van der Waals surface area contributed by atoms with Crippen molar-refractivity contribution in [3.05, 3.63) is 0 Å². The van der Waals surface area contributed by atoms with Gasteiger partial charge in [-0.25, -0.2) is 0 Å². The molecule has 4 rings (SSSR count). The van der Waals surface area contributed by atoms with Crippen molar-refractivity contribution in [2.45, 2.75) is 128 Å². The molecule has 0 aromatic heterocycles. The van der Waals surface area contributed by atoms with Gasteiger partial charge in [0.05, 0.1) is 6.61 Å². The Hall–Kier alpha value is -2.40. The lowest BCUT2D eigenvalue weighted by atomic mass is 9.97. The van der Waals surface area contributed by atoms with E-state index in [1.54, 1.807) is 27.7 Å². The van der Waals surface area contributed by atoms with Crippen molar-refractivity contribution in [2.75, 3.05) is 13.2 Å². The van der Waals surface area contributed by atoms with Crippen LogP contribution in [0.15, 0.2) is 0 Å². The Bertz CT molecular complexity index is 1010. The van der Waals surface area contributed by atoms with E-state index < -0.39 is 96.9 Å². The van der Waals surface area contributed by atoms with Crippen LogP contribution in [-0.4, -0.2) is 110 Å². The summed E-state index contributed by atoms with van der Waals surface area (Å²) in [6, 6.07) is 0. The summed E-state index contributed by atoms with van der Waals surface area (Å²) >= 11 is 0. The summed E-state index contributed by atoms with van der Waals surface area (Å²) in [6.45, 7) is 11.1. The smallest absolute Gasteiger partial charge is 0.303 e. The molecule has 0 spiro atoms. The minimum absolute atomic E-state index is 0.179. The van der Waals surface area contributed by atoms with Crippen molar-refractivity contribution in [3.63, 3.8) is 0 Å². The fourth-order valence-electron chi connectivity index (χ4n) is 5.34. The molecule has 10 atom stereocenters. The Morgan fingerprint density at radius 3 is 1.73 bits per heavy atom. The largest absolute Gasteiger partial charge is 0.463 e. The molecule has 0 aromatic carbocycles. The highest BCUT2D eigenvalue weighted by atomic mass is 16.9. The second-order valence-corrected chi connectivity index (χ2v) is 11.1. The molecular formula is C26H38O15. The third kappa shape index (κ3) is 7.52. The van der Waals surface area contributed by atoms with E-state index in [0.717, 1.165) is 20.8 Å². The average Bonchev–Trinajstić information content (AvgIpc) is 3.32. The molecular weight excluding hydrogens is 552 g/mol. The molecule has 15 heteroatoms. The maximum absolute atomic E-state index is 12.1. The first kappa shape index (κ1) is 31.5. The Labute approximate surface area is 237 Å². The van der Waals surface area contributed by atoms with Crippen LogP contribution in [0.25, 0.3) is 0 Å². The minimum Gasteiger partial charge on any atom is -0.463 e. The second kappa shape index (κ2) is 12.1. The van der Waals surface area contributed by atoms with E-state index in [9.17, 15) is 19.2 Å². The molecule has 0 amide bonds. The minimum atomic E-state index is -1.37. The van der Waals surface area contributed by atoms with Gasteiger partial charge in [-0.3, -0.25) is 19.2 Å². The van der Waals surface area contributed by atoms with Gasteiger partial charge in [-0.2, -0.15) is 0 Å². The van der Waals surface area contributed by atoms with Gasteiger partial charge in [0.25, 0.3) is 0 Å². The zero-order valence-electron chi connectivity index (χ0n) is 24.3. The molecule has 0 aliphatic carbocycles. The Morgan fingerprint density at radius 1 is 0.585 bits per heavy atom. The molecule has 0 unspecified atom stereocenters. The van der Waals surface area contributed by atoms with Gasteiger partial charge in [-0.15, -0.1) is 0 Å². The van der Waals surface area contributed by atoms with Crippen molar-refractivity contribution in [2.24, 2.45) is 0 Å². The molecule has 15 nitrogen and oxygen atoms in total. The average molecular weight is 591 g/mol. The van der Waals surface area contributed by atoms with Gasteiger partial charge in [0, 0.05) is 27.7 Å². The van der Waals surface area contributed by atoms with Gasteiger partial charge in [0.2, 0.25) is 0 Å². The number of fused-ring (bicyclic) bond motifs is 3. The number of esters is 4. The van der Waals surface area contributed by atoms with E-state index in [2.05, 4.69) is 0 Å². The maximum atomic E-state index is 12.1. The lowest BCUT2D eigenvalue weighted by molar-refractivity contribution is -0.320. The van der Waals surface area contributed by atoms with Crippen LogP contribution in [0.2, 0.25) is 0 Å². The van der Waals surface area contributed by atoms with Crippen LogP contribution in [-0.2, 0) is 71.3 Å². The van der Waals surface area contributed by atoms with Crippen molar-refractivity contribution in [3.8, 4) is 0 Å². The van der Waals surface area contributed by atoms with Crippen LogP contribution < -0.4 is 0 Å². The molecule has 4 heterocycles. The molecule has 4 aliphatic rings. The topological polar surface area (TPSA) is 170 Å². The molecule has 0 aromatic rings. The summed E-state index contributed by atoms with van der Waals surface area (Å²) < 4.78 is 63.8. The SMILES string of the molecule is CC(=O)OC[C@H]1O[C@@H](OC[C@H]2O[C@@H]3OC(C)(C)O[C@@H]3[C@H]3OC(C)(C)O[C@H]32)[C@H](OC(C)=O)[C@@H](OC(C)=O)[C@H]1OC(C)=O. The summed E-state index contributed by atoms with van der Waals surface area (Å²) in [5, 5.41) is 0. The van der Waals surface area contributed by atoms with Crippen molar-refractivity contribution >= 4 is 23.9 Å². The van der Waals surface area contributed by atoms with E-state index in [-0.39, 0.29) is 13.2 Å². The molecule has 0 radical (unpaired) electrons. The summed E-state index contributed by atoms with van der Waals surface area (Å²) in [7, 11) is 0. The normalized spacial score (nSPS) is 38.7. The van der Waals surface area contributed by atoms with Crippen LogP contribution >= 0.6 is 0 Å². The summed E-state index contributed by atoms with van der Waals surface area (Å²) in [5.74, 6) is -4.72. The number of carbonyl (C=O) groups excluding carboxylic acids is 4. The van der Waals surface area contributed by atoms with Gasteiger partial charge >= 0.3 is 23.9 Å². The van der Waals surface area contributed by atoms with E-state index in [1.165, 1.54) is 6.92 Å². The zero-order chi connectivity index (χ0) is 30.3. The first-order valence-corrected chi connectivity index (χ1v) is 13.3. The van der Waals surface area contributed by atoms with E-state index in [0.29, 0.717) is 0 Å². The van der Waals surface area contributed by atoms with Gasteiger partial charge < -0.3 is 52.1 Å². The van der Waals surface area contributed by atoms with Crippen LogP contribution in [0.3, 0.4) is 0 Å². The Balaban J connectivity index is 1.59. The fourth-order valence-corrected chi connectivity index (χ4v) is 5.34. The van der Waals surface area contributed by atoms with Crippen LogP contribution in [0.5, 0.6) is 0 Å². The Kier molecular flexibility index (Phi) is 9.28. The highest BCUT2D eigenvalue weighted by Crippen LogP contribution is 2.44. The predicted molar refractivity (Wildman–Crippen MR) is 130 cm³/mol. The highest BCUT2D eigenvalue weighted by Gasteiger charge is 2.61. The first-order chi connectivity index (χ1) is 19.0. The Morgan fingerprint density at radius 2 is 1.12 bits per heavy atom. The quantitative estimate of drug-likeness (QED) is 0.282. The van der Waals surface area contributed by atoms with Crippen molar-refractivity contribution in [1.29, 1.82) is 0 Å². The van der Waals surface area contributed by atoms with E-state index in [1.807, 2.05) is 0 Å². The second-order valence-electron chi connectivity index (χ2n) is 11.1. The molecule has 0 N–H and O–H groups in total. The maximum Gasteiger partial charge on any atom is 0.303 e. The van der Waals surface area contributed by atoms with E-state index in [4.69, 9.17) is 52.1 Å². The molecule has 4 aliphatic heterocycles. The molecule has 232 valence electrons.